The summed E-state index contributed by atoms with van der Waals surface area (Å²) in [4.78, 5) is 26.1. The van der Waals surface area contributed by atoms with Gasteiger partial charge in [-0.05, 0) is 55.3 Å². The minimum atomic E-state index is -0.416. The van der Waals surface area contributed by atoms with Crippen molar-refractivity contribution in [1.82, 2.24) is 10.2 Å². The second-order valence-electron chi connectivity index (χ2n) is 7.62. The molecule has 0 spiro atoms. The van der Waals surface area contributed by atoms with Crippen LogP contribution in [0.15, 0.2) is 63.8 Å². The number of rotatable bonds is 7. The Labute approximate surface area is 175 Å². The molecule has 6 nitrogen and oxygen atoms in total. The molecule has 4 rings (SSSR count). The van der Waals surface area contributed by atoms with Crippen molar-refractivity contribution in [2.45, 2.75) is 32.4 Å². The van der Waals surface area contributed by atoms with Gasteiger partial charge in [-0.15, -0.1) is 0 Å². The van der Waals surface area contributed by atoms with E-state index < -0.39 is 5.63 Å². The zero-order valence-electron chi connectivity index (χ0n) is 16.9. The lowest BCUT2D eigenvalue weighted by atomic mass is 10.0. The van der Waals surface area contributed by atoms with Crippen LogP contribution in [-0.4, -0.2) is 30.5 Å². The molecule has 2 heterocycles. The van der Waals surface area contributed by atoms with Crippen molar-refractivity contribution in [3.63, 3.8) is 0 Å². The summed E-state index contributed by atoms with van der Waals surface area (Å²) >= 11 is 0. The average molecular weight is 406 g/mol. The number of piperidine rings is 1. The van der Waals surface area contributed by atoms with Gasteiger partial charge in [0, 0.05) is 30.6 Å². The Morgan fingerprint density at radius 2 is 1.77 bits per heavy atom. The van der Waals surface area contributed by atoms with Crippen molar-refractivity contribution >= 4 is 16.9 Å². The van der Waals surface area contributed by atoms with Crippen LogP contribution in [0.25, 0.3) is 11.0 Å². The Morgan fingerprint density at radius 3 is 2.60 bits per heavy atom. The van der Waals surface area contributed by atoms with E-state index in [-0.39, 0.29) is 12.5 Å². The average Bonchev–Trinajstić information content (AvgIpc) is 2.77. The third-order valence-electron chi connectivity index (χ3n) is 5.40. The number of carbonyl (C=O) groups excluding carboxylic acids is 1. The fourth-order valence-corrected chi connectivity index (χ4v) is 3.77. The Balaban J connectivity index is 1.31. The van der Waals surface area contributed by atoms with Crippen molar-refractivity contribution < 1.29 is 13.9 Å². The zero-order chi connectivity index (χ0) is 20.8. The second-order valence-corrected chi connectivity index (χ2v) is 7.62. The summed E-state index contributed by atoms with van der Waals surface area (Å²) in [7, 11) is 0. The molecule has 1 saturated heterocycles. The Hall–Kier alpha value is -3.12. The van der Waals surface area contributed by atoms with E-state index in [1.807, 2.05) is 12.1 Å². The molecule has 0 saturated carbocycles. The summed E-state index contributed by atoms with van der Waals surface area (Å²) in [6.45, 7) is 3.57. The van der Waals surface area contributed by atoms with Crippen LogP contribution >= 0.6 is 0 Å². The summed E-state index contributed by atoms with van der Waals surface area (Å²) < 4.78 is 10.7. The molecule has 0 radical (unpaired) electrons. The minimum Gasteiger partial charge on any atom is -0.484 e. The molecule has 6 heteroatoms. The van der Waals surface area contributed by atoms with E-state index in [0.717, 1.165) is 30.6 Å². The Bertz CT molecular complexity index is 1070. The topological polar surface area (TPSA) is 71.8 Å². The molecule has 0 unspecified atom stereocenters. The van der Waals surface area contributed by atoms with E-state index >= 15 is 0 Å². The normalized spacial score (nSPS) is 14.5. The number of likely N-dealkylation sites (tertiary alicyclic amines) is 1. The third-order valence-corrected chi connectivity index (χ3v) is 5.40. The van der Waals surface area contributed by atoms with Gasteiger partial charge in [-0.3, -0.25) is 9.69 Å². The summed E-state index contributed by atoms with van der Waals surface area (Å²) in [6, 6.07) is 16.5. The quantitative estimate of drug-likeness (QED) is 0.609. The maximum Gasteiger partial charge on any atom is 0.336 e. The number of benzene rings is 2. The van der Waals surface area contributed by atoms with Gasteiger partial charge in [-0.25, -0.2) is 4.79 Å². The van der Waals surface area contributed by atoms with E-state index in [0.29, 0.717) is 17.9 Å². The zero-order valence-corrected chi connectivity index (χ0v) is 16.9. The number of hydrogen-bond acceptors (Lipinski definition) is 5. The van der Waals surface area contributed by atoms with Gasteiger partial charge in [0.15, 0.2) is 6.61 Å². The van der Waals surface area contributed by atoms with E-state index in [2.05, 4.69) is 22.3 Å². The fraction of sp³-hybridized carbons (Fsp3) is 0.333. The Morgan fingerprint density at radius 1 is 1.00 bits per heavy atom. The van der Waals surface area contributed by atoms with Gasteiger partial charge in [-0.2, -0.15) is 0 Å². The standard InChI is InChI=1S/C24H26N2O4/c27-23(17-29-21-10-8-18-9-11-24(28)30-22(18)14-21)25-15-19-6-2-3-7-20(19)16-26-12-4-1-5-13-26/h2-3,6-11,14H,1,4-5,12-13,15-17H2,(H,25,27). The molecule has 30 heavy (non-hydrogen) atoms. The molecule has 0 bridgehead atoms. The first-order valence-corrected chi connectivity index (χ1v) is 10.4. The molecule has 156 valence electrons. The lowest BCUT2D eigenvalue weighted by Gasteiger charge is -2.27. The molecule has 2 aromatic carbocycles. The van der Waals surface area contributed by atoms with Crippen LogP contribution in [0, 0.1) is 0 Å². The first kappa shape index (κ1) is 20.2. The number of hydrogen-bond donors (Lipinski definition) is 1. The van der Waals surface area contributed by atoms with Crippen LogP contribution in [0.3, 0.4) is 0 Å². The van der Waals surface area contributed by atoms with Crippen molar-refractivity contribution in [2.75, 3.05) is 19.7 Å². The smallest absolute Gasteiger partial charge is 0.336 e. The van der Waals surface area contributed by atoms with Crippen molar-refractivity contribution in [1.29, 1.82) is 0 Å². The highest BCUT2D eigenvalue weighted by Crippen LogP contribution is 2.19. The third kappa shape index (κ3) is 5.27. The maximum absolute atomic E-state index is 12.3. The van der Waals surface area contributed by atoms with Crippen LogP contribution in [0.5, 0.6) is 5.75 Å². The number of nitrogens with one attached hydrogen (secondary N) is 1. The van der Waals surface area contributed by atoms with Crippen LogP contribution < -0.4 is 15.7 Å². The van der Waals surface area contributed by atoms with E-state index in [1.165, 1.54) is 30.9 Å². The predicted molar refractivity (Wildman–Crippen MR) is 115 cm³/mol. The highest BCUT2D eigenvalue weighted by atomic mass is 16.5. The summed E-state index contributed by atoms with van der Waals surface area (Å²) in [6.07, 6.45) is 3.83. The van der Waals surface area contributed by atoms with Gasteiger partial charge in [0.1, 0.15) is 11.3 Å². The summed E-state index contributed by atoms with van der Waals surface area (Å²) in [5.74, 6) is 0.287. The predicted octanol–water partition coefficient (Wildman–Crippen LogP) is 3.47. The molecule has 3 aromatic rings. The molecule has 1 aromatic heterocycles. The fourth-order valence-electron chi connectivity index (χ4n) is 3.77. The molecule has 1 amide bonds. The molecule has 1 N–H and O–H groups in total. The highest BCUT2D eigenvalue weighted by molar-refractivity contribution is 5.79. The number of ether oxygens (including phenoxy) is 1. The molecule has 1 fully saturated rings. The molecule has 0 aliphatic carbocycles. The van der Waals surface area contributed by atoms with Crippen molar-refractivity contribution in [3.8, 4) is 5.75 Å². The number of fused-ring (bicyclic) bond motifs is 1. The van der Waals surface area contributed by atoms with Crippen LogP contribution in [-0.2, 0) is 17.9 Å². The van der Waals surface area contributed by atoms with Gasteiger partial charge in [0.25, 0.3) is 5.91 Å². The van der Waals surface area contributed by atoms with E-state index in [1.54, 1.807) is 24.3 Å². The lowest BCUT2D eigenvalue weighted by Crippen LogP contribution is -2.31. The SMILES string of the molecule is O=C(COc1ccc2ccc(=O)oc2c1)NCc1ccccc1CN1CCCCC1. The van der Waals surface area contributed by atoms with Gasteiger partial charge in [-0.1, -0.05) is 30.7 Å². The molecular formula is C24H26N2O4. The largest absolute Gasteiger partial charge is 0.484 e. The minimum absolute atomic E-state index is 0.100. The van der Waals surface area contributed by atoms with Crippen LogP contribution in [0.2, 0.25) is 0 Å². The van der Waals surface area contributed by atoms with Crippen molar-refractivity contribution in [2.24, 2.45) is 0 Å². The van der Waals surface area contributed by atoms with Gasteiger partial charge in [0.2, 0.25) is 0 Å². The number of amides is 1. The maximum atomic E-state index is 12.3. The van der Waals surface area contributed by atoms with Gasteiger partial charge >= 0.3 is 5.63 Å². The molecule has 1 aliphatic heterocycles. The van der Waals surface area contributed by atoms with Gasteiger partial charge in [0.05, 0.1) is 0 Å². The van der Waals surface area contributed by atoms with Crippen LogP contribution in [0.1, 0.15) is 30.4 Å². The first-order chi connectivity index (χ1) is 14.7. The Kier molecular flexibility index (Phi) is 6.44. The second kappa shape index (κ2) is 9.59. The summed E-state index contributed by atoms with van der Waals surface area (Å²) in [5, 5.41) is 3.74. The number of nitrogens with zero attached hydrogens (tertiary/aromatic N) is 1. The van der Waals surface area contributed by atoms with E-state index in [9.17, 15) is 9.59 Å². The monoisotopic (exact) mass is 406 g/mol. The summed E-state index contributed by atoms with van der Waals surface area (Å²) in [5.41, 5.74) is 2.40. The molecule has 1 aliphatic rings. The lowest BCUT2D eigenvalue weighted by molar-refractivity contribution is -0.123. The number of carbonyl (C=O) groups is 1. The van der Waals surface area contributed by atoms with Gasteiger partial charge < -0.3 is 14.5 Å². The van der Waals surface area contributed by atoms with Crippen molar-refractivity contribution in [3.05, 3.63) is 76.1 Å². The highest BCUT2D eigenvalue weighted by Gasteiger charge is 2.13. The first-order valence-electron chi connectivity index (χ1n) is 10.4. The van der Waals surface area contributed by atoms with Crippen LogP contribution in [0.4, 0.5) is 0 Å². The van der Waals surface area contributed by atoms with E-state index in [4.69, 9.17) is 9.15 Å². The molecular weight excluding hydrogens is 380 g/mol. The molecule has 0 atom stereocenters.